The smallest absolute Gasteiger partial charge is 0.142 e. The molecule has 6 heteroatoms. The maximum atomic E-state index is 13.0. The fraction of sp³-hybridized carbons (Fsp3) is 0.545. The first-order valence-corrected chi connectivity index (χ1v) is 5.47. The Morgan fingerprint density at radius 1 is 1.53 bits per heavy atom. The maximum absolute atomic E-state index is 13.0. The summed E-state index contributed by atoms with van der Waals surface area (Å²) in [5.41, 5.74) is 0.448. The van der Waals surface area contributed by atoms with Crippen molar-refractivity contribution in [3.05, 3.63) is 23.6 Å². The van der Waals surface area contributed by atoms with Crippen molar-refractivity contribution in [3.8, 4) is 0 Å². The normalized spacial score (nSPS) is 20.6. The summed E-state index contributed by atoms with van der Waals surface area (Å²) in [5.74, 6) is 0.0837. The summed E-state index contributed by atoms with van der Waals surface area (Å²) in [4.78, 5) is 5.88. The van der Waals surface area contributed by atoms with E-state index in [0.717, 1.165) is 6.20 Å². The summed E-state index contributed by atoms with van der Waals surface area (Å²) >= 11 is 0. The van der Waals surface area contributed by atoms with Gasteiger partial charge in [-0.15, -0.1) is 0 Å². The molecule has 0 spiro atoms. The van der Waals surface area contributed by atoms with Crippen LogP contribution in [0.2, 0.25) is 0 Å². The van der Waals surface area contributed by atoms with Crippen molar-refractivity contribution < 1.29 is 19.3 Å². The van der Waals surface area contributed by atoms with Gasteiger partial charge in [0.25, 0.3) is 0 Å². The van der Waals surface area contributed by atoms with Gasteiger partial charge in [0, 0.05) is 18.7 Å². The fourth-order valence-corrected chi connectivity index (χ4v) is 1.90. The number of pyridine rings is 1. The van der Waals surface area contributed by atoms with E-state index in [9.17, 15) is 9.50 Å². The molecule has 2 rings (SSSR count). The first kappa shape index (κ1) is 12.2. The molecule has 0 amide bonds. The lowest BCUT2D eigenvalue weighted by Crippen LogP contribution is -2.44. The molecule has 17 heavy (non-hydrogen) atoms. The third kappa shape index (κ3) is 2.71. The zero-order valence-corrected chi connectivity index (χ0v) is 9.34. The Hall–Kier alpha value is -1.24. The van der Waals surface area contributed by atoms with E-state index in [1.54, 1.807) is 0 Å². The first-order valence-electron chi connectivity index (χ1n) is 5.47. The molecule has 94 valence electrons. The molecule has 0 radical (unpaired) electrons. The van der Waals surface area contributed by atoms with Crippen molar-refractivity contribution in [2.45, 2.75) is 12.7 Å². The Labute approximate surface area is 98.5 Å². The monoisotopic (exact) mass is 242 g/mol. The highest BCUT2D eigenvalue weighted by Gasteiger charge is 2.22. The van der Waals surface area contributed by atoms with E-state index in [4.69, 9.17) is 9.84 Å². The molecule has 0 aliphatic carbocycles. The number of ether oxygens (including phenoxy) is 1. The maximum Gasteiger partial charge on any atom is 0.142 e. The average molecular weight is 242 g/mol. The second-order valence-electron chi connectivity index (χ2n) is 3.92. The Morgan fingerprint density at radius 3 is 3.06 bits per heavy atom. The van der Waals surface area contributed by atoms with Crippen molar-refractivity contribution in [1.29, 1.82) is 0 Å². The van der Waals surface area contributed by atoms with E-state index < -0.39 is 5.82 Å². The fourth-order valence-electron chi connectivity index (χ4n) is 1.90. The Bertz CT molecular complexity index is 389. The summed E-state index contributed by atoms with van der Waals surface area (Å²) in [6, 6.07) is 1.27. The van der Waals surface area contributed by atoms with Gasteiger partial charge in [-0.3, -0.25) is 0 Å². The molecule has 1 atom stereocenters. The first-order chi connectivity index (χ1) is 8.24. The van der Waals surface area contributed by atoms with Crippen LogP contribution in [0.15, 0.2) is 12.3 Å². The summed E-state index contributed by atoms with van der Waals surface area (Å²) in [5, 5.41) is 18.2. The van der Waals surface area contributed by atoms with Crippen LogP contribution in [0.5, 0.6) is 0 Å². The lowest BCUT2D eigenvalue weighted by atomic mass is 10.2. The number of nitrogens with zero attached hydrogens (tertiary/aromatic N) is 2. The van der Waals surface area contributed by atoms with Crippen LogP contribution in [0.3, 0.4) is 0 Å². The number of anilines is 1. The van der Waals surface area contributed by atoms with Gasteiger partial charge in [0.1, 0.15) is 11.6 Å². The molecule has 1 saturated heterocycles. The molecule has 2 N–H and O–H groups in total. The van der Waals surface area contributed by atoms with Crippen LogP contribution < -0.4 is 4.90 Å². The van der Waals surface area contributed by atoms with Crippen molar-refractivity contribution in [3.63, 3.8) is 0 Å². The van der Waals surface area contributed by atoms with Crippen molar-refractivity contribution >= 4 is 5.82 Å². The summed E-state index contributed by atoms with van der Waals surface area (Å²) in [6.07, 6.45) is 0.861. The van der Waals surface area contributed by atoms with Crippen molar-refractivity contribution in [2.75, 3.05) is 31.2 Å². The number of aliphatic hydroxyl groups is 2. The number of aliphatic hydroxyl groups excluding tert-OH is 2. The van der Waals surface area contributed by atoms with E-state index >= 15 is 0 Å². The highest BCUT2D eigenvalue weighted by Crippen LogP contribution is 2.21. The SMILES string of the molecule is OCc1cc(F)cnc1N1CCOC(CO)C1. The molecule has 1 fully saturated rings. The van der Waals surface area contributed by atoms with Crippen molar-refractivity contribution in [2.24, 2.45) is 0 Å². The van der Waals surface area contributed by atoms with Gasteiger partial charge < -0.3 is 19.8 Å². The van der Waals surface area contributed by atoms with Crippen LogP contribution >= 0.6 is 0 Å². The zero-order chi connectivity index (χ0) is 12.3. The van der Waals surface area contributed by atoms with Crippen LogP contribution in [0.4, 0.5) is 10.2 Å². The number of aromatic nitrogens is 1. The van der Waals surface area contributed by atoms with Gasteiger partial charge in [-0.2, -0.15) is 0 Å². The molecular formula is C11H15FN2O3. The van der Waals surface area contributed by atoms with Gasteiger partial charge in [-0.05, 0) is 6.07 Å². The number of rotatable bonds is 3. The molecular weight excluding hydrogens is 227 g/mol. The van der Waals surface area contributed by atoms with E-state index in [0.29, 0.717) is 31.1 Å². The number of morpholine rings is 1. The Balaban J connectivity index is 2.20. The second-order valence-corrected chi connectivity index (χ2v) is 3.92. The van der Waals surface area contributed by atoms with Gasteiger partial charge in [0.05, 0.1) is 32.1 Å². The van der Waals surface area contributed by atoms with Crippen LogP contribution in [0.1, 0.15) is 5.56 Å². The minimum Gasteiger partial charge on any atom is -0.394 e. The molecule has 5 nitrogen and oxygen atoms in total. The third-order valence-corrected chi connectivity index (χ3v) is 2.72. The van der Waals surface area contributed by atoms with Crippen LogP contribution in [0.25, 0.3) is 0 Å². The topological polar surface area (TPSA) is 65.8 Å². The minimum absolute atomic E-state index is 0.0633. The third-order valence-electron chi connectivity index (χ3n) is 2.72. The molecule has 0 saturated carbocycles. The Morgan fingerprint density at radius 2 is 2.35 bits per heavy atom. The number of hydrogen-bond acceptors (Lipinski definition) is 5. The zero-order valence-electron chi connectivity index (χ0n) is 9.34. The van der Waals surface area contributed by atoms with Crippen LogP contribution in [0, 0.1) is 5.82 Å². The largest absolute Gasteiger partial charge is 0.394 e. The number of hydrogen-bond donors (Lipinski definition) is 2. The lowest BCUT2D eigenvalue weighted by molar-refractivity contribution is 0.00326. The van der Waals surface area contributed by atoms with Crippen LogP contribution in [-0.2, 0) is 11.3 Å². The quantitative estimate of drug-likeness (QED) is 0.775. The molecule has 2 heterocycles. The van der Waals surface area contributed by atoms with E-state index in [2.05, 4.69) is 4.98 Å². The Kier molecular flexibility index (Phi) is 3.88. The van der Waals surface area contributed by atoms with Crippen LogP contribution in [-0.4, -0.2) is 47.6 Å². The second kappa shape index (κ2) is 5.39. The standard InChI is InChI=1S/C11H15FN2O3/c12-9-3-8(6-15)11(13-4-9)14-1-2-17-10(5-14)7-16/h3-4,10,15-16H,1-2,5-7H2. The summed E-state index contributed by atoms with van der Waals surface area (Å²) < 4.78 is 18.3. The molecule has 0 aromatic carbocycles. The van der Waals surface area contributed by atoms with Crippen molar-refractivity contribution in [1.82, 2.24) is 4.98 Å². The highest BCUT2D eigenvalue weighted by molar-refractivity contribution is 5.47. The molecule has 1 aromatic heterocycles. The number of halogens is 1. The highest BCUT2D eigenvalue weighted by atomic mass is 19.1. The predicted octanol–water partition coefficient (Wildman–Crippen LogP) is -0.0895. The van der Waals surface area contributed by atoms with E-state index in [1.807, 2.05) is 4.90 Å². The summed E-state index contributed by atoms with van der Waals surface area (Å²) in [6.45, 7) is 1.26. The molecule has 1 aromatic rings. The van der Waals surface area contributed by atoms with E-state index in [1.165, 1.54) is 6.07 Å². The predicted molar refractivity (Wildman–Crippen MR) is 59.2 cm³/mol. The lowest BCUT2D eigenvalue weighted by Gasteiger charge is -2.33. The van der Waals surface area contributed by atoms with Gasteiger partial charge in [0.15, 0.2) is 0 Å². The van der Waals surface area contributed by atoms with Gasteiger partial charge >= 0.3 is 0 Å². The van der Waals surface area contributed by atoms with E-state index in [-0.39, 0.29) is 19.3 Å². The van der Waals surface area contributed by atoms with Gasteiger partial charge in [0.2, 0.25) is 0 Å². The average Bonchev–Trinajstić information content (AvgIpc) is 2.38. The minimum atomic E-state index is -0.468. The van der Waals surface area contributed by atoms with Gasteiger partial charge in [-0.25, -0.2) is 9.37 Å². The van der Waals surface area contributed by atoms with Gasteiger partial charge in [-0.1, -0.05) is 0 Å². The molecule has 0 bridgehead atoms. The molecule has 1 unspecified atom stereocenters. The molecule has 1 aliphatic rings. The molecule has 1 aliphatic heterocycles. The summed E-state index contributed by atoms with van der Waals surface area (Å²) in [7, 11) is 0.